The standard InChI is InChI=1S/C24H25N3O4/c1-3-31-20(29)16-27-24(30)23(25-15-14-18-10-6-4-7-11-18)21(17(2)28)22(26-27)19-12-8-5-9-13-19/h4-13,25H,3,14-16H2,1-2H3. The zero-order valence-electron chi connectivity index (χ0n) is 17.6. The highest BCUT2D eigenvalue weighted by Gasteiger charge is 2.23. The Hall–Kier alpha value is -3.74. The van der Waals surface area contributed by atoms with E-state index >= 15 is 0 Å². The van der Waals surface area contributed by atoms with E-state index in [4.69, 9.17) is 4.74 Å². The van der Waals surface area contributed by atoms with Crippen LogP contribution in [0.4, 0.5) is 5.69 Å². The smallest absolute Gasteiger partial charge is 0.327 e. The van der Waals surface area contributed by atoms with Gasteiger partial charge in [-0.15, -0.1) is 0 Å². The normalized spacial score (nSPS) is 10.5. The lowest BCUT2D eigenvalue weighted by atomic mass is 10.0. The first kappa shape index (κ1) is 22.0. The molecule has 0 aliphatic rings. The summed E-state index contributed by atoms with van der Waals surface area (Å²) in [5.74, 6) is -0.851. The molecule has 0 radical (unpaired) electrons. The van der Waals surface area contributed by atoms with Crippen LogP contribution >= 0.6 is 0 Å². The molecule has 0 saturated carbocycles. The van der Waals surface area contributed by atoms with Crippen LogP contribution in [0.3, 0.4) is 0 Å². The van der Waals surface area contributed by atoms with E-state index in [1.54, 1.807) is 6.92 Å². The third kappa shape index (κ3) is 5.45. The second-order valence-electron chi connectivity index (χ2n) is 6.95. The number of hydrogen-bond acceptors (Lipinski definition) is 6. The van der Waals surface area contributed by atoms with Crippen molar-refractivity contribution in [1.29, 1.82) is 0 Å². The van der Waals surface area contributed by atoms with E-state index < -0.39 is 11.5 Å². The van der Waals surface area contributed by atoms with Crippen LogP contribution in [0.15, 0.2) is 65.5 Å². The average Bonchev–Trinajstić information content (AvgIpc) is 2.77. The Morgan fingerprint density at radius 2 is 1.68 bits per heavy atom. The minimum atomic E-state index is -0.568. The van der Waals surface area contributed by atoms with Gasteiger partial charge in [-0.05, 0) is 25.8 Å². The molecular weight excluding hydrogens is 394 g/mol. The van der Waals surface area contributed by atoms with E-state index in [9.17, 15) is 14.4 Å². The minimum absolute atomic E-state index is 0.140. The number of anilines is 1. The van der Waals surface area contributed by atoms with Gasteiger partial charge < -0.3 is 10.1 Å². The molecule has 0 fully saturated rings. The van der Waals surface area contributed by atoms with Gasteiger partial charge in [-0.1, -0.05) is 60.7 Å². The van der Waals surface area contributed by atoms with Crippen molar-refractivity contribution in [2.45, 2.75) is 26.8 Å². The Bertz CT molecular complexity index is 1110. The molecule has 31 heavy (non-hydrogen) atoms. The van der Waals surface area contributed by atoms with Crippen LogP contribution in [0.5, 0.6) is 0 Å². The highest BCUT2D eigenvalue weighted by molar-refractivity contribution is 6.04. The number of ketones is 1. The fourth-order valence-corrected chi connectivity index (χ4v) is 3.29. The van der Waals surface area contributed by atoms with Crippen LogP contribution in [-0.2, 0) is 22.5 Å². The van der Waals surface area contributed by atoms with Crippen LogP contribution < -0.4 is 10.9 Å². The number of hydrogen-bond donors (Lipinski definition) is 1. The summed E-state index contributed by atoms with van der Waals surface area (Å²) >= 11 is 0. The molecule has 3 aromatic rings. The molecule has 7 heteroatoms. The zero-order valence-corrected chi connectivity index (χ0v) is 17.6. The molecule has 0 saturated heterocycles. The number of rotatable bonds is 9. The second kappa shape index (κ2) is 10.3. The number of carbonyl (C=O) groups is 2. The lowest BCUT2D eigenvalue weighted by Gasteiger charge is -2.16. The summed E-state index contributed by atoms with van der Waals surface area (Å²) in [5, 5.41) is 7.48. The molecule has 0 aliphatic carbocycles. The first-order valence-electron chi connectivity index (χ1n) is 10.2. The van der Waals surface area contributed by atoms with Crippen LogP contribution in [0.2, 0.25) is 0 Å². The van der Waals surface area contributed by atoms with Gasteiger partial charge in [0.2, 0.25) is 0 Å². The third-order valence-corrected chi connectivity index (χ3v) is 4.70. The molecule has 0 spiro atoms. The largest absolute Gasteiger partial charge is 0.465 e. The molecule has 0 aliphatic heterocycles. The predicted molar refractivity (Wildman–Crippen MR) is 119 cm³/mol. The molecule has 0 atom stereocenters. The summed E-state index contributed by atoms with van der Waals surface area (Å²) in [6.45, 7) is 3.40. The fraction of sp³-hybridized carbons (Fsp3) is 0.250. The Kier molecular flexibility index (Phi) is 7.32. The Labute approximate surface area is 180 Å². The van der Waals surface area contributed by atoms with Gasteiger partial charge in [-0.3, -0.25) is 14.4 Å². The van der Waals surface area contributed by atoms with Gasteiger partial charge >= 0.3 is 5.97 Å². The van der Waals surface area contributed by atoms with E-state index in [1.807, 2.05) is 60.7 Å². The fourth-order valence-electron chi connectivity index (χ4n) is 3.29. The molecular formula is C24H25N3O4. The zero-order chi connectivity index (χ0) is 22.2. The van der Waals surface area contributed by atoms with Crippen molar-refractivity contribution in [3.8, 4) is 11.3 Å². The van der Waals surface area contributed by atoms with E-state index in [2.05, 4.69) is 10.4 Å². The summed E-state index contributed by atoms with van der Waals surface area (Å²) in [4.78, 5) is 37.7. The van der Waals surface area contributed by atoms with E-state index in [0.717, 1.165) is 10.2 Å². The third-order valence-electron chi connectivity index (χ3n) is 4.70. The van der Waals surface area contributed by atoms with Gasteiger partial charge in [0.1, 0.15) is 17.9 Å². The molecule has 2 aromatic carbocycles. The summed E-state index contributed by atoms with van der Waals surface area (Å²) in [5.41, 5.74) is 1.94. The number of aromatic nitrogens is 2. The summed E-state index contributed by atoms with van der Waals surface area (Å²) in [7, 11) is 0. The van der Waals surface area contributed by atoms with Crippen molar-refractivity contribution in [3.05, 3.63) is 82.1 Å². The molecule has 1 aromatic heterocycles. The first-order valence-corrected chi connectivity index (χ1v) is 10.2. The predicted octanol–water partition coefficient (Wildman–Crippen LogP) is 3.33. The number of nitrogens with zero attached hydrogens (tertiary/aromatic N) is 2. The average molecular weight is 419 g/mol. The maximum atomic E-state index is 13.1. The summed E-state index contributed by atoms with van der Waals surface area (Å²) in [6, 6.07) is 18.9. The molecule has 1 N–H and O–H groups in total. The monoisotopic (exact) mass is 419 g/mol. The van der Waals surface area contributed by atoms with Gasteiger partial charge in [-0.2, -0.15) is 5.10 Å². The molecule has 3 rings (SSSR count). The molecule has 0 amide bonds. The first-order chi connectivity index (χ1) is 15.0. The van der Waals surface area contributed by atoms with Crippen molar-refractivity contribution in [2.75, 3.05) is 18.5 Å². The quantitative estimate of drug-likeness (QED) is 0.423. The topological polar surface area (TPSA) is 90.3 Å². The van der Waals surface area contributed by atoms with Gasteiger partial charge in [-0.25, -0.2) is 4.68 Å². The molecule has 0 unspecified atom stereocenters. The van der Waals surface area contributed by atoms with Crippen molar-refractivity contribution in [2.24, 2.45) is 0 Å². The lowest BCUT2D eigenvalue weighted by molar-refractivity contribution is -0.144. The van der Waals surface area contributed by atoms with Gasteiger partial charge in [0.05, 0.1) is 12.2 Å². The maximum absolute atomic E-state index is 13.1. The van der Waals surface area contributed by atoms with Crippen molar-refractivity contribution in [1.82, 2.24) is 9.78 Å². The Balaban J connectivity index is 2.05. The number of Topliss-reactive ketones (excluding diaryl/α,β-unsaturated/α-hetero) is 1. The maximum Gasteiger partial charge on any atom is 0.327 e. The second-order valence-corrected chi connectivity index (χ2v) is 6.95. The van der Waals surface area contributed by atoms with Crippen LogP contribution in [0.25, 0.3) is 11.3 Å². The molecule has 0 bridgehead atoms. The van der Waals surface area contributed by atoms with E-state index in [-0.39, 0.29) is 30.2 Å². The van der Waals surface area contributed by atoms with E-state index in [0.29, 0.717) is 24.2 Å². The number of benzene rings is 2. The Morgan fingerprint density at radius 1 is 1.03 bits per heavy atom. The van der Waals surface area contributed by atoms with Gasteiger partial charge in [0, 0.05) is 12.1 Å². The van der Waals surface area contributed by atoms with Crippen molar-refractivity contribution >= 4 is 17.4 Å². The van der Waals surface area contributed by atoms with Crippen molar-refractivity contribution < 1.29 is 14.3 Å². The van der Waals surface area contributed by atoms with Gasteiger partial charge in [0.25, 0.3) is 5.56 Å². The lowest BCUT2D eigenvalue weighted by Crippen LogP contribution is -2.32. The summed E-state index contributed by atoms with van der Waals surface area (Å²) < 4.78 is 6.03. The summed E-state index contributed by atoms with van der Waals surface area (Å²) in [6.07, 6.45) is 0.665. The molecule has 160 valence electrons. The molecule has 7 nitrogen and oxygen atoms in total. The van der Waals surface area contributed by atoms with Crippen LogP contribution in [0, 0.1) is 0 Å². The highest BCUT2D eigenvalue weighted by Crippen LogP contribution is 2.25. The SMILES string of the molecule is CCOC(=O)Cn1nc(-c2ccccc2)c(C(C)=O)c(NCCc2ccccc2)c1=O. The van der Waals surface area contributed by atoms with E-state index in [1.165, 1.54) is 6.92 Å². The highest BCUT2D eigenvalue weighted by atomic mass is 16.5. The van der Waals surface area contributed by atoms with Crippen LogP contribution in [0.1, 0.15) is 29.8 Å². The van der Waals surface area contributed by atoms with Crippen LogP contribution in [-0.4, -0.2) is 34.7 Å². The van der Waals surface area contributed by atoms with Gasteiger partial charge in [0.15, 0.2) is 5.78 Å². The van der Waals surface area contributed by atoms with Crippen molar-refractivity contribution in [3.63, 3.8) is 0 Å². The molecule has 1 heterocycles. The minimum Gasteiger partial charge on any atom is -0.465 e. The number of carbonyl (C=O) groups excluding carboxylic acids is 2. The number of nitrogens with one attached hydrogen (secondary N) is 1. The number of esters is 1. The number of ether oxygens (including phenoxy) is 1. The Morgan fingerprint density at radius 3 is 2.29 bits per heavy atom.